The Morgan fingerprint density at radius 2 is 1.33 bits per heavy atom. The molecule has 0 amide bonds. The number of nitrogens with zero attached hydrogens (tertiary/aromatic N) is 3. The van der Waals surface area contributed by atoms with Gasteiger partial charge in [0.05, 0.1) is 5.56 Å². The molecule has 1 aliphatic heterocycles. The summed E-state index contributed by atoms with van der Waals surface area (Å²) in [6.45, 7) is 0. The molecule has 1 aliphatic carbocycles. The Kier molecular flexibility index (Phi) is 5.03. The number of para-hydroxylation sites is 1. The van der Waals surface area contributed by atoms with Crippen LogP contribution >= 0.6 is 15.9 Å². The van der Waals surface area contributed by atoms with E-state index in [1.54, 1.807) is 0 Å². The van der Waals surface area contributed by atoms with Gasteiger partial charge < -0.3 is 4.74 Å². The van der Waals surface area contributed by atoms with E-state index in [4.69, 9.17) is 19.7 Å². The Balaban J connectivity index is 1.47. The molecule has 2 heterocycles. The first-order chi connectivity index (χ1) is 17.8. The van der Waals surface area contributed by atoms with Crippen molar-refractivity contribution in [2.45, 2.75) is 12.0 Å². The van der Waals surface area contributed by atoms with E-state index in [1.807, 2.05) is 54.6 Å². The molecule has 5 heteroatoms. The zero-order valence-corrected chi connectivity index (χ0v) is 20.8. The predicted molar refractivity (Wildman–Crippen MR) is 147 cm³/mol. The molecule has 0 bridgehead atoms. The number of rotatable bonds is 3. The fraction of sp³-hybridized carbons (Fsp3) is 0.0645. The second-order valence-electron chi connectivity index (χ2n) is 8.91. The zero-order chi connectivity index (χ0) is 24.1. The molecule has 172 valence electrons. The molecule has 2 aliphatic rings. The Morgan fingerprint density at radius 3 is 2.19 bits per heavy atom. The first kappa shape index (κ1) is 21.2. The van der Waals surface area contributed by atoms with Crippen molar-refractivity contribution in [3.63, 3.8) is 0 Å². The number of ether oxygens (including phenoxy) is 1. The van der Waals surface area contributed by atoms with Gasteiger partial charge in [-0.15, -0.1) is 0 Å². The quantitative estimate of drug-likeness (QED) is 0.239. The highest BCUT2D eigenvalue weighted by Crippen LogP contribution is 2.46. The van der Waals surface area contributed by atoms with E-state index in [-0.39, 0.29) is 12.0 Å². The predicted octanol–water partition coefficient (Wildman–Crippen LogP) is 7.76. The molecule has 7 rings (SSSR count). The molecular formula is C31H20BrN3O. The molecule has 0 spiro atoms. The summed E-state index contributed by atoms with van der Waals surface area (Å²) in [6, 6.07) is 28.7. The third-order valence-corrected chi connectivity index (χ3v) is 7.45. The number of fused-ring (bicyclic) bond motifs is 4. The highest BCUT2D eigenvalue weighted by Gasteiger charge is 2.34. The van der Waals surface area contributed by atoms with Gasteiger partial charge in [-0.2, -0.15) is 0 Å². The van der Waals surface area contributed by atoms with E-state index in [2.05, 4.69) is 70.6 Å². The van der Waals surface area contributed by atoms with E-state index in [1.165, 1.54) is 0 Å². The SMILES string of the molecule is Brc1ccc(-c2nc(-c3ccccc3)nc(-c3cccc4c3OC3C=CC=CC43)n2)c2ccccc12. The van der Waals surface area contributed by atoms with Crippen molar-refractivity contribution in [2.75, 3.05) is 0 Å². The van der Waals surface area contributed by atoms with Crippen LogP contribution in [-0.4, -0.2) is 21.1 Å². The fourth-order valence-corrected chi connectivity index (χ4v) is 5.51. The average Bonchev–Trinajstić information content (AvgIpc) is 3.33. The van der Waals surface area contributed by atoms with Crippen molar-refractivity contribution in [2.24, 2.45) is 0 Å². The van der Waals surface area contributed by atoms with E-state index in [9.17, 15) is 0 Å². The van der Waals surface area contributed by atoms with Crippen molar-refractivity contribution >= 4 is 26.7 Å². The molecule has 0 N–H and O–H groups in total. The molecule has 2 atom stereocenters. The van der Waals surface area contributed by atoms with Gasteiger partial charge in [0.15, 0.2) is 17.5 Å². The van der Waals surface area contributed by atoms with Crippen LogP contribution in [0.4, 0.5) is 0 Å². The lowest BCUT2D eigenvalue weighted by Crippen LogP contribution is -2.15. The summed E-state index contributed by atoms with van der Waals surface area (Å²) >= 11 is 3.69. The van der Waals surface area contributed by atoms with Gasteiger partial charge in [0.1, 0.15) is 11.9 Å². The summed E-state index contributed by atoms with van der Waals surface area (Å²) in [5.74, 6) is 2.93. The van der Waals surface area contributed by atoms with Crippen molar-refractivity contribution < 1.29 is 4.74 Å². The van der Waals surface area contributed by atoms with Crippen molar-refractivity contribution in [1.29, 1.82) is 0 Å². The van der Waals surface area contributed by atoms with Gasteiger partial charge in [0.2, 0.25) is 0 Å². The summed E-state index contributed by atoms with van der Waals surface area (Å²) in [5, 5.41) is 2.20. The van der Waals surface area contributed by atoms with Gasteiger partial charge in [-0.05, 0) is 35.0 Å². The largest absolute Gasteiger partial charge is 0.484 e. The van der Waals surface area contributed by atoms with Crippen LogP contribution in [0.1, 0.15) is 11.5 Å². The standard InChI is InChI=1S/C31H20BrN3O/c32-26-18-17-24(20-11-4-5-12-21(20)26)30-33-29(19-9-2-1-3-10-19)34-31(35-30)25-15-8-14-23-22-13-6-7-16-27(22)36-28(23)25/h1-18,22,27H. The minimum absolute atomic E-state index is 0.00327. The Bertz CT molecular complexity index is 1690. The third kappa shape index (κ3) is 3.47. The molecule has 0 radical (unpaired) electrons. The van der Waals surface area contributed by atoms with Gasteiger partial charge in [0.25, 0.3) is 0 Å². The summed E-state index contributed by atoms with van der Waals surface area (Å²) in [5.41, 5.74) is 3.95. The summed E-state index contributed by atoms with van der Waals surface area (Å²) in [7, 11) is 0. The highest BCUT2D eigenvalue weighted by molar-refractivity contribution is 9.10. The molecule has 1 aromatic heterocycles. The van der Waals surface area contributed by atoms with E-state index in [0.717, 1.165) is 43.2 Å². The van der Waals surface area contributed by atoms with Crippen LogP contribution in [0.15, 0.2) is 114 Å². The number of aromatic nitrogens is 3. The van der Waals surface area contributed by atoms with Crippen molar-refractivity contribution in [3.05, 3.63) is 119 Å². The smallest absolute Gasteiger partial charge is 0.167 e. The van der Waals surface area contributed by atoms with Crippen LogP contribution < -0.4 is 4.74 Å². The van der Waals surface area contributed by atoms with Crippen LogP contribution in [0.3, 0.4) is 0 Å². The number of halogens is 1. The minimum atomic E-state index is -0.00327. The van der Waals surface area contributed by atoms with E-state index >= 15 is 0 Å². The number of allylic oxidation sites excluding steroid dienone is 2. The fourth-order valence-electron chi connectivity index (χ4n) is 5.03. The average molecular weight is 530 g/mol. The lowest BCUT2D eigenvalue weighted by molar-refractivity contribution is 0.269. The Morgan fingerprint density at radius 1 is 0.611 bits per heavy atom. The molecule has 2 unspecified atom stereocenters. The lowest BCUT2D eigenvalue weighted by atomic mass is 9.91. The third-order valence-electron chi connectivity index (χ3n) is 6.76. The summed E-state index contributed by atoms with van der Waals surface area (Å²) < 4.78 is 7.47. The van der Waals surface area contributed by atoms with Gasteiger partial charge in [-0.3, -0.25) is 0 Å². The highest BCUT2D eigenvalue weighted by atomic mass is 79.9. The second kappa shape index (κ2) is 8.54. The van der Waals surface area contributed by atoms with Crippen LogP contribution in [0.25, 0.3) is 44.9 Å². The molecule has 0 saturated carbocycles. The first-order valence-electron chi connectivity index (χ1n) is 11.9. The maximum atomic E-state index is 6.43. The summed E-state index contributed by atoms with van der Waals surface area (Å²) in [4.78, 5) is 14.9. The Labute approximate surface area is 217 Å². The van der Waals surface area contributed by atoms with Crippen molar-refractivity contribution in [3.8, 4) is 39.9 Å². The maximum absolute atomic E-state index is 6.43. The van der Waals surface area contributed by atoms with Gasteiger partial charge >= 0.3 is 0 Å². The van der Waals surface area contributed by atoms with Gasteiger partial charge in [-0.25, -0.2) is 15.0 Å². The minimum Gasteiger partial charge on any atom is -0.484 e. The number of hydrogen-bond acceptors (Lipinski definition) is 4. The molecule has 4 aromatic carbocycles. The normalized spacial score (nSPS) is 17.6. The number of hydrogen-bond donors (Lipinski definition) is 0. The topological polar surface area (TPSA) is 47.9 Å². The van der Waals surface area contributed by atoms with Gasteiger partial charge in [0, 0.05) is 27.1 Å². The second-order valence-corrected chi connectivity index (χ2v) is 9.77. The zero-order valence-electron chi connectivity index (χ0n) is 19.2. The van der Waals surface area contributed by atoms with Crippen LogP contribution in [0.5, 0.6) is 5.75 Å². The summed E-state index contributed by atoms with van der Waals surface area (Å²) in [6.07, 6.45) is 8.43. The van der Waals surface area contributed by atoms with E-state index < -0.39 is 0 Å². The van der Waals surface area contributed by atoms with Gasteiger partial charge in [-0.1, -0.05) is 101 Å². The molecule has 4 nitrogen and oxygen atoms in total. The van der Waals surface area contributed by atoms with Crippen LogP contribution in [0, 0.1) is 0 Å². The molecule has 36 heavy (non-hydrogen) atoms. The van der Waals surface area contributed by atoms with Crippen molar-refractivity contribution in [1.82, 2.24) is 15.0 Å². The number of benzene rings is 4. The first-order valence-corrected chi connectivity index (χ1v) is 12.7. The molecule has 0 fully saturated rings. The molecular weight excluding hydrogens is 510 g/mol. The monoisotopic (exact) mass is 529 g/mol. The lowest BCUT2D eigenvalue weighted by Gasteiger charge is -2.14. The molecule has 5 aromatic rings. The van der Waals surface area contributed by atoms with E-state index in [0.29, 0.717) is 17.5 Å². The Hall–Kier alpha value is -4.09. The van der Waals surface area contributed by atoms with Crippen LogP contribution in [0.2, 0.25) is 0 Å². The maximum Gasteiger partial charge on any atom is 0.167 e. The molecule has 0 saturated heterocycles. The van der Waals surface area contributed by atoms with Crippen LogP contribution in [-0.2, 0) is 0 Å².